The zero-order chi connectivity index (χ0) is 33.3. The van der Waals surface area contributed by atoms with Crippen LogP contribution in [0.15, 0.2) is 55.6 Å². The van der Waals surface area contributed by atoms with Crippen molar-refractivity contribution in [2.45, 2.75) is 99.7 Å². The number of hydrogen-bond acceptors (Lipinski definition) is 5. The van der Waals surface area contributed by atoms with E-state index in [1.807, 2.05) is 47.1 Å². The fraction of sp³-hybridized carbons (Fsp3) is 0.639. The van der Waals surface area contributed by atoms with Crippen LogP contribution >= 0.6 is 27.7 Å². The average Bonchev–Trinajstić information content (AvgIpc) is 3.56. The number of likely N-dealkylation sites (tertiary alicyclic amines) is 1. The van der Waals surface area contributed by atoms with Crippen molar-refractivity contribution in [3.05, 3.63) is 61.2 Å². The normalized spacial score (nSPS) is 28.1. The quantitative estimate of drug-likeness (QED) is 0.199. The highest BCUT2D eigenvalue weighted by Gasteiger charge is 2.76. The fourth-order valence-corrected chi connectivity index (χ4v) is 12.0. The van der Waals surface area contributed by atoms with Gasteiger partial charge in [0.2, 0.25) is 17.7 Å². The number of aliphatic hydroxyl groups is 1. The highest BCUT2D eigenvalue weighted by molar-refractivity contribution is 9.09. The molecule has 2 bridgehead atoms. The minimum absolute atomic E-state index is 0.0277. The number of rotatable bonds is 14. The molecule has 45 heavy (non-hydrogen) atoms. The number of thioether (sulfide) groups is 1. The molecule has 3 aliphatic heterocycles. The third-order valence-electron chi connectivity index (χ3n) is 9.59. The average molecular weight is 703 g/mol. The van der Waals surface area contributed by atoms with Crippen LogP contribution in [-0.2, 0) is 20.8 Å². The molecule has 1 spiro atoms. The number of amides is 3. The number of halogens is 1. The number of benzene rings is 1. The smallest absolute Gasteiger partial charge is 0.247 e. The Kier molecular flexibility index (Phi) is 11.1. The van der Waals surface area contributed by atoms with E-state index in [2.05, 4.69) is 63.7 Å². The van der Waals surface area contributed by atoms with Crippen molar-refractivity contribution in [2.24, 2.45) is 17.3 Å². The van der Waals surface area contributed by atoms with Crippen LogP contribution in [0.25, 0.3) is 0 Å². The van der Waals surface area contributed by atoms with Gasteiger partial charge in [-0.25, -0.2) is 0 Å². The minimum Gasteiger partial charge on any atom is -0.394 e. The van der Waals surface area contributed by atoms with Crippen molar-refractivity contribution in [3.8, 4) is 0 Å². The molecule has 3 aliphatic rings. The lowest BCUT2D eigenvalue weighted by atomic mass is 9.70. The van der Waals surface area contributed by atoms with Gasteiger partial charge in [0.05, 0.1) is 29.2 Å². The summed E-state index contributed by atoms with van der Waals surface area (Å²) >= 11 is 5.55. The number of hydrogen-bond donors (Lipinski definition) is 1. The van der Waals surface area contributed by atoms with Crippen molar-refractivity contribution < 1.29 is 19.5 Å². The van der Waals surface area contributed by atoms with Gasteiger partial charge in [0.25, 0.3) is 0 Å². The van der Waals surface area contributed by atoms with Crippen LogP contribution in [0.5, 0.6) is 0 Å². The zero-order valence-corrected chi connectivity index (χ0v) is 30.3. The van der Waals surface area contributed by atoms with Gasteiger partial charge >= 0.3 is 0 Å². The Hall–Kier alpha value is -2.10. The number of nitrogens with zero attached hydrogens (tertiary/aromatic N) is 3. The molecule has 9 heteroatoms. The van der Waals surface area contributed by atoms with Crippen molar-refractivity contribution in [3.63, 3.8) is 0 Å². The molecule has 1 N–H and O–H groups in total. The van der Waals surface area contributed by atoms with Crippen LogP contribution in [0, 0.1) is 17.3 Å². The summed E-state index contributed by atoms with van der Waals surface area (Å²) in [4.78, 5) is 49.8. The molecule has 3 saturated heterocycles. The highest BCUT2D eigenvalue weighted by atomic mass is 79.9. The van der Waals surface area contributed by atoms with E-state index in [4.69, 9.17) is 0 Å². The first-order valence-corrected chi connectivity index (χ1v) is 18.1. The Morgan fingerprint density at radius 2 is 1.78 bits per heavy atom. The lowest BCUT2D eigenvalue weighted by Gasteiger charge is -2.46. The molecular weight excluding hydrogens is 650 g/mol. The predicted octanol–water partition coefficient (Wildman–Crippen LogP) is 5.71. The Balaban J connectivity index is 1.86. The van der Waals surface area contributed by atoms with Crippen molar-refractivity contribution in [1.82, 2.24) is 14.7 Å². The van der Waals surface area contributed by atoms with Crippen LogP contribution in [0.1, 0.15) is 66.4 Å². The van der Waals surface area contributed by atoms with Gasteiger partial charge in [0, 0.05) is 35.3 Å². The van der Waals surface area contributed by atoms with Gasteiger partial charge in [0.1, 0.15) is 6.04 Å². The molecule has 7 nitrogen and oxygen atoms in total. The van der Waals surface area contributed by atoms with E-state index in [1.165, 1.54) is 0 Å². The molecule has 0 radical (unpaired) electrons. The van der Waals surface area contributed by atoms with E-state index in [-0.39, 0.29) is 39.8 Å². The Morgan fingerprint density at radius 3 is 2.33 bits per heavy atom. The highest BCUT2D eigenvalue weighted by Crippen LogP contribution is 2.68. The molecule has 248 valence electrons. The Labute approximate surface area is 283 Å². The first kappa shape index (κ1) is 35.7. The maximum atomic E-state index is 15.2. The lowest BCUT2D eigenvalue weighted by Crippen LogP contribution is -2.62. The van der Waals surface area contributed by atoms with Gasteiger partial charge in [-0.2, -0.15) is 0 Å². The Morgan fingerprint density at radius 1 is 1.13 bits per heavy atom. The molecule has 4 rings (SSSR count). The first-order valence-electron chi connectivity index (χ1n) is 16.3. The molecule has 3 heterocycles. The van der Waals surface area contributed by atoms with E-state index in [9.17, 15) is 14.7 Å². The summed E-state index contributed by atoms with van der Waals surface area (Å²) in [6, 6.07) is 8.33. The van der Waals surface area contributed by atoms with Crippen molar-refractivity contribution in [2.75, 3.05) is 26.2 Å². The number of alkyl halides is 1. The second kappa shape index (κ2) is 13.9. The number of carbonyl (C=O) groups is 3. The SMILES string of the molecule is C=CCN(CCC)C(=O)[C@H]1[C@@H]2SC3(CC2Br)C(C(=O)N(CC=C)C(C)(C)CC(C)(C)C)N([C@@H](CO)Cc2ccccc2)C(=O)[C@H]13. The van der Waals surface area contributed by atoms with Gasteiger partial charge in [-0.05, 0) is 50.5 Å². The minimum atomic E-state index is -0.832. The standard InChI is InChI=1S/C36H52BrN3O4S/c1-9-17-38(18-10-2)31(42)27-28-32(43)40(25(22-41)20-24-15-13-12-14-16-24)30(36(28)21-26(37)29(27)45-36)33(44)39(19-11-3)35(7,8)23-34(4,5)6/h9,11-16,25-30,41H,1,3,10,17-23H2,2,4-8H3/t25-,26?,27-,28+,29-,30?,36?/m1/s1. The zero-order valence-electron chi connectivity index (χ0n) is 27.9. The maximum Gasteiger partial charge on any atom is 0.247 e. The third kappa shape index (κ3) is 6.82. The summed E-state index contributed by atoms with van der Waals surface area (Å²) in [6.45, 7) is 21.6. The molecule has 0 aromatic heterocycles. The van der Waals surface area contributed by atoms with Gasteiger partial charge in [-0.1, -0.05) is 86.1 Å². The molecular formula is C36H52BrN3O4S. The summed E-state index contributed by atoms with van der Waals surface area (Å²) < 4.78 is -0.805. The molecule has 1 aromatic carbocycles. The maximum absolute atomic E-state index is 15.2. The topological polar surface area (TPSA) is 81.2 Å². The van der Waals surface area contributed by atoms with E-state index < -0.39 is 34.2 Å². The van der Waals surface area contributed by atoms with E-state index in [0.717, 1.165) is 18.4 Å². The fourth-order valence-electron chi connectivity index (χ4n) is 8.39. The first-order chi connectivity index (χ1) is 21.2. The van der Waals surface area contributed by atoms with Crippen LogP contribution in [0.4, 0.5) is 0 Å². The van der Waals surface area contributed by atoms with Gasteiger partial charge in [-0.3, -0.25) is 14.4 Å². The van der Waals surface area contributed by atoms with Gasteiger partial charge < -0.3 is 19.8 Å². The van der Waals surface area contributed by atoms with Gasteiger partial charge in [0.15, 0.2) is 0 Å². The van der Waals surface area contributed by atoms with E-state index >= 15 is 4.79 Å². The van der Waals surface area contributed by atoms with Crippen LogP contribution < -0.4 is 0 Å². The second-order valence-electron chi connectivity index (χ2n) is 14.8. The molecule has 3 unspecified atom stereocenters. The second-order valence-corrected chi connectivity index (χ2v) is 17.5. The van der Waals surface area contributed by atoms with Crippen molar-refractivity contribution >= 4 is 45.4 Å². The summed E-state index contributed by atoms with van der Waals surface area (Å²) in [5.74, 6) is -1.61. The van der Waals surface area contributed by atoms with E-state index in [0.29, 0.717) is 32.5 Å². The van der Waals surface area contributed by atoms with Crippen LogP contribution in [-0.4, -0.2) is 96.2 Å². The monoisotopic (exact) mass is 701 g/mol. The summed E-state index contributed by atoms with van der Waals surface area (Å²) in [5, 5.41) is 10.7. The molecule has 0 saturated carbocycles. The van der Waals surface area contributed by atoms with Crippen LogP contribution in [0.3, 0.4) is 0 Å². The summed E-state index contributed by atoms with van der Waals surface area (Å²) in [7, 11) is 0. The molecule has 1 aromatic rings. The molecule has 3 amide bonds. The van der Waals surface area contributed by atoms with Gasteiger partial charge in [-0.15, -0.1) is 24.9 Å². The van der Waals surface area contributed by atoms with Crippen LogP contribution in [0.2, 0.25) is 0 Å². The molecule has 3 fully saturated rings. The number of aliphatic hydroxyl groups excluding tert-OH is 1. The molecule has 0 aliphatic carbocycles. The summed E-state index contributed by atoms with van der Waals surface area (Å²) in [5.41, 5.74) is 0.389. The largest absolute Gasteiger partial charge is 0.394 e. The number of fused-ring (bicyclic) bond motifs is 1. The van der Waals surface area contributed by atoms with Crippen molar-refractivity contribution in [1.29, 1.82) is 0 Å². The number of carbonyl (C=O) groups excluding carboxylic acids is 3. The lowest BCUT2D eigenvalue weighted by molar-refractivity contribution is -0.149. The van der Waals surface area contributed by atoms with E-state index in [1.54, 1.807) is 28.8 Å². The Bertz CT molecular complexity index is 1270. The predicted molar refractivity (Wildman–Crippen MR) is 187 cm³/mol. The molecule has 7 atom stereocenters. The summed E-state index contributed by atoms with van der Waals surface area (Å²) in [6.07, 6.45) is 6.03. The third-order valence-corrected chi connectivity index (χ3v) is 12.8.